The number of hydrogen-bond acceptors (Lipinski definition) is 7. The number of para-hydroxylation sites is 1. The van der Waals surface area contributed by atoms with E-state index in [1.54, 1.807) is 19.2 Å². The average Bonchev–Trinajstić information content (AvgIpc) is 2.79. The molecule has 3 aromatic rings. The maximum absolute atomic E-state index is 12.3. The van der Waals surface area contributed by atoms with Gasteiger partial charge < -0.3 is 23.9 Å². The van der Waals surface area contributed by atoms with E-state index in [0.717, 1.165) is 5.56 Å². The molecule has 0 saturated heterocycles. The highest BCUT2D eigenvalue weighted by Crippen LogP contribution is 2.31. The van der Waals surface area contributed by atoms with Crippen LogP contribution in [0.2, 0.25) is 0 Å². The normalized spacial score (nSPS) is 11.3. The summed E-state index contributed by atoms with van der Waals surface area (Å²) in [5.74, 6) is -0.304. The number of rotatable bonds is 9. The third kappa shape index (κ3) is 6.45. The van der Waals surface area contributed by atoms with Gasteiger partial charge in [-0.25, -0.2) is 9.59 Å². The van der Waals surface area contributed by atoms with Crippen molar-refractivity contribution in [3.05, 3.63) is 70.1 Å². The SMILES string of the molecule is COCCCNC(=O)c1cc2ccc(OC(=O)COc3ccccc3C(C)(C)C)cc2oc1=O. The van der Waals surface area contributed by atoms with Gasteiger partial charge in [0, 0.05) is 31.7 Å². The van der Waals surface area contributed by atoms with Gasteiger partial charge in [0.2, 0.25) is 0 Å². The predicted molar refractivity (Wildman–Crippen MR) is 128 cm³/mol. The molecule has 1 amide bonds. The lowest BCUT2D eigenvalue weighted by Gasteiger charge is -2.22. The zero-order valence-electron chi connectivity index (χ0n) is 19.8. The summed E-state index contributed by atoms with van der Waals surface area (Å²) < 4.78 is 21.3. The van der Waals surface area contributed by atoms with Gasteiger partial charge in [0.25, 0.3) is 5.91 Å². The number of nitrogens with one attached hydrogen (secondary N) is 1. The zero-order valence-corrected chi connectivity index (χ0v) is 19.8. The van der Waals surface area contributed by atoms with Gasteiger partial charge in [-0.3, -0.25) is 4.79 Å². The minimum atomic E-state index is -0.776. The van der Waals surface area contributed by atoms with Gasteiger partial charge in [-0.2, -0.15) is 0 Å². The summed E-state index contributed by atoms with van der Waals surface area (Å²) in [5.41, 5.74) is 0.165. The number of fused-ring (bicyclic) bond motifs is 1. The fourth-order valence-electron chi connectivity index (χ4n) is 3.34. The van der Waals surface area contributed by atoms with Crippen molar-refractivity contribution in [1.29, 1.82) is 0 Å². The highest BCUT2D eigenvalue weighted by Gasteiger charge is 2.19. The number of esters is 1. The molecule has 0 aliphatic rings. The van der Waals surface area contributed by atoms with Gasteiger partial charge >= 0.3 is 11.6 Å². The highest BCUT2D eigenvalue weighted by molar-refractivity contribution is 5.96. The predicted octanol–water partition coefficient (Wildman–Crippen LogP) is 3.84. The Morgan fingerprint density at radius 3 is 2.56 bits per heavy atom. The Morgan fingerprint density at radius 1 is 1.06 bits per heavy atom. The van der Waals surface area contributed by atoms with Crippen molar-refractivity contribution >= 4 is 22.8 Å². The van der Waals surface area contributed by atoms with Crippen LogP contribution in [-0.4, -0.2) is 38.7 Å². The van der Waals surface area contributed by atoms with Gasteiger partial charge in [0.1, 0.15) is 22.6 Å². The number of amides is 1. The van der Waals surface area contributed by atoms with Crippen LogP contribution in [0.5, 0.6) is 11.5 Å². The van der Waals surface area contributed by atoms with Crippen LogP contribution in [0.25, 0.3) is 11.0 Å². The maximum atomic E-state index is 12.3. The Labute approximate surface area is 197 Å². The number of ether oxygens (including phenoxy) is 3. The van der Waals surface area contributed by atoms with Crippen LogP contribution in [0, 0.1) is 0 Å². The minimum Gasteiger partial charge on any atom is -0.482 e. The number of carbonyl (C=O) groups excluding carboxylic acids is 2. The molecule has 1 N–H and O–H groups in total. The quantitative estimate of drug-likeness (QED) is 0.221. The molecule has 180 valence electrons. The lowest BCUT2D eigenvalue weighted by atomic mass is 9.86. The van der Waals surface area contributed by atoms with Crippen LogP contribution < -0.4 is 20.4 Å². The second-order valence-corrected chi connectivity index (χ2v) is 8.76. The molecule has 34 heavy (non-hydrogen) atoms. The van der Waals surface area contributed by atoms with E-state index in [0.29, 0.717) is 30.7 Å². The summed E-state index contributed by atoms with van der Waals surface area (Å²) >= 11 is 0. The molecule has 0 aliphatic heterocycles. The largest absolute Gasteiger partial charge is 0.482 e. The summed E-state index contributed by atoms with van der Waals surface area (Å²) in [5, 5.41) is 3.18. The van der Waals surface area contributed by atoms with Crippen molar-refractivity contribution in [1.82, 2.24) is 5.32 Å². The zero-order chi connectivity index (χ0) is 24.7. The second-order valence-electron chi connectivity index (χ2n) is 8.76. The number of benzene rings is 2. The highest BCUT2D eigenvalue weighted by atomic mass is 16.6. The van der Waals surface area contributed by atoms with Crippen molar-refractivity contribution in [2.24, 2.45) is 0 Å². The van der Waals surface area contributed by atoms with E-state index in [2.05, 4.69) is 26.1 Å². The topological polar surface area (TPSA) is 104 Å². The van der Waals surface area contributed by atoms with Crippen molar-refractivity contribution in [2.45, 2.75) is 32.6 Å². The van der Waals surface area contributed by atoms with E-state index in [-0.39, 0.29) is 28.9 Å². The number of carbonyl (C=O) groups is 2. The average molecular weight is 468 g/mol. The molecule has 0 atom stereocenters. The molecule has 8 nitrogen and oxygen atoms in total. The van der Waals surface area contributed by atoms with Crippen LogP contribution in [-0.2, 0) is 14.9 Å². The minimum absolute atomic E-state index is 0.0967. The van der Waals surface area contributed by atoms with Gasteiger partial charge in [-0.05, 0) is 41.7 Å². The Kier molecular flexibility index (Phi) is 8.07. The third-order valence-corrected chi connectivity index (χ3v) is 5.04. The van der Waals surface area contributed by atoms with E-state index >= 15 is 0 Å². The molecular formula is C26H29NO7. The van der Waals surface area contributed by atoms with Gasteiger partial charge in [0.05, 0.1) is 0 Å². The molecule has 0 fully saturated rings. The van der Waals surface area contributed by atoms with E-state index in [1.165, 1.54) is 12.1 Å². The summed E-state index contributed by atoms with van der Waals surface area (Å²) in [6.45, 7) is 6.79. The van der Waals surface area contributed by atoms with E-state index in [1.807, 2.05) is 24.3 Å². The monoisotopic (exact) mass is 467 g/mol. The van der Waals surface area contributed by atoms with E-state index in [4.69, 9.17) is 18.6 Å². The Hall–Kier alpha value is -3.65. The van der Waals surface area contributed by atoms with E-state index < -0.39 is 17.5 Å². The fourth-order valence-corrected chi connectivity index (χ4v) is 3.34. The van der Waals surface area contributed by atoms with Crippen LogP contribution in [0.4, 0.5) is 0 Å². The molecule has 8 heteroatoms. The molecule has 0 radical (unpaired) electrons. The van der Waals surface area contributed by atoms with Crippen LogP contribution >= 0.6 is 0 Å². The summed E-state index contributed by atoms with van der Waals surface area (Å²) in [6.07, 6.45) is 0.626. The summed E-state index contributed by atoms with van der Waals surface area (Å²) in [6, 6.07) is 13.6. The van der Waals surface area contributed by atoms with E-state index in [9.17, 15) is 14.4 Å². The number of hydrogen-bond donors (Lipinski definition) is 1. The lowest BCUT2D eigenvalue weighted by molar-refractivity contribution is -0.136. The summed E-state index contributed by atoms with van der Waals surface area (Å²) in [4.78, 5) is 36.9. The smallest absolute Gasteiger partial charge is 0.349 e. The van der Waals surface area contributed by atoms with Crippen molar-refractivity contribution in [3.63, 3.8) is 0 Å². The first-order valence-electron chi connectivity index (χ1n) is 11.0. The Morgan fingerprint density at radius 2 is 1.82 bits per heavy atom. The first kappa shape index (κ1) is 25.0. The molecule has 1 aromatic heterocycles. The van der Waals surface area contributed by atoms with Crippen molar-refractivity contribution < 1.29 is 28.2 Å². The Bertz CT molecular complexity index is 1220. The standard InChI is InChI=1S/C26H29NO7/c1-26(2,3)20-8-5-6-9-21(20)32-16-23(28)33-18-11-10-17-14-19(25(30)34-22(17)15-18)24(29)27-12-7-13-31-4/h5-6,8-11,14-15H,7,12-13,16H2,1-4H3,(H,27,29). The fraction of sp³-hybridized carbons (Fsp3) is 0.346. The molecule has 0 aliphatic carbocycles. The second kappa shape index (κ2) is 11.0. The summed E-state index contributed by atoms with van der Waals surface area (Å²) in [7, 11) is 1.57. The molecule has 3 rings (SSSR count). The van der Waals surface area contributed by atoms with Gasteiger partial charge in [0.15, 0.2) is 6.61 Å². The maximum Gasteiger partial charge on any atom is 0.349 e. The third-order valence-electron chi connectivity index (χ3n) is 5.04. The first-order valence-corrected chi connectivity index (χ1v) is 11.0. The van der Waals surface area contributed by atoms with Crippen LogP contribution in [0.1, 0.15) is 43.1 Å². The van der Waals surface area contributed by atoms with Crippen LogP contribution in [0.15, 0.2) is 57.7 Å². The lowest BCUT2D eigenvalue weighted by Crippen LogP contribution is -2.29. The van der Waals surface area contributed by atoms with Crippen molar-refractivity contribution in [2.75, 3.05) is 26.9 Å². The van der Waals surface area contributed by atoms with Crippen LogP contribution in [0.3, 0.4) is 0 Å². The molecule has 2 aromatic carbocycles. The molecule has 1 heterocycles. The first-order chi connectivity index (χ1) is 16.2. The van der Waals surface area contributed by atoms with Gasteiger partial charge in [-0.15, -0.1) is 0 Å². The molecule has 0 unspecified atom stereocenters. The van der Waals surface area contributed by atoms with Crippen molar-refractivity contribution in [3.8, 4) is 11.5 Å². The molecular weight excluding hydrogens is 438 g/mol. The van der Waals surface area contributed by atoms with Gasteiger partial charge in [-0.1, -0.05) is 39.0 Å². The molecule has 0 bridgehead atoms. The molecule has 0 spiro atoms. The number of methoxy groups -OCH3 is 1. The Balaban J connectivity index is 1.66. The molecule has 0 saturated carbocycles.